The Morgan fingerprint density at radius 1 is 1.43 bits per heavy atom. The second-order valence-electron chi connectivity index (χ2n) is 6.60. The molecule has 2 unspecified atom stereocenters. The molecule has 1 heterocycles. The average molecular weight is 358 g/mol. The summed E-state index contributed by atoms with van der Waals surface area (Å²) >= 11 is 3.38. The lowest BCUT2D eigenvalue weighted by atomic mass is 9.76. The van der Waals surface area contributed by atoms with Crippen LogP contribution in [0.4, 0.5) is 4.39 Å². The highest BCUT2D eigenvalue weighted by atomic mass is 79.9. The molecule has 1 N–H and O–H groups in total. The molecule has 1 fully saturated rings. The Balaban J connectivity index is 2.12. The van der Waals surface area contributed by atoms with Crippen LogP contribution in [0.15, 0.2) is 22.7 Å². The molecule has 118 valence electrons. The molecule has 1 aromatic rings. The molecule has 2 nitrogen and oxygen atoms in total. The number of rotatable bonds is 6. The summed E-state index contributed by atoms with van der Waals surface area (Å²) in [4.78, 5) is 0. The first-order valence-corrected chi connectivity index (χ1v) is 8.48. The number of ether oxygens (including phenoxy) is 1. The Bertz CT molecular complexity index is 460. The highest BCUT2D eigenvalue weighted by molar-refractivity contribution is 9.10. The summed E-state index contributed by atoms with van der Waals surface area (Å²) < 4.78 is 20.2. The molecule has 0 radical (unpaired) electrons. The maximum Gasteiger partial charge on any atom is 0.124 e. The molecular formula is C17H25BrFNO. The zero-order valence-electron chi connectivity index (χ0n) is 13.1. The van der Waals surface area contributed by atoms with Gasteiger partial charge in [0.25, 0.3) is 0 Å². The standard InChI is InChI=1S/C17H25BrFNO/c1-12(2)10-20-11-17(4-5-21-13(17)3)9-14-6-15(18)8-16(19)7-14/h6-8,12-13,20H,4-5,9-11H2,1-3H3. The topological polar surface area (TPSA) is 21.3 Å². The average Bonchev–Trinajstić information content (AvgIpc) is 2.69. The van der Waals surface area contributed by atoms with E-state index in [0.717, 1.165) is 42.6 Å². The van der Waals surface area contributed by atoms with Crippen LogP contribution < -0.4 is 5.32 Å². The Morgan fingerprint density at radius 2 is 2.19 bits per heavy atom. The van der Waals surface area contributed by atoms with Crippen molar-refractivity contribution in [3.05, 3.63) is 34.1 Å². The summed E-state index contributed by atoms with van der Waals surface area (Å²) in [5, 5.41) is 3.56. The van der Waals surface area contributed by atoms with Crippen molar-refractivity contribution in [3.8, 4) is 0 Å². The number of hydrogen-bond acceptors (Lipinski definition) is 2. The van der Waals surface area contributed by atoms with Gasteiger partial charge in [0.2, 0.25) is 0 Å². The van der Waals surface area contributed by atoms with E-state index in [-0.39, 0.29) is 17.3 Å². The van der Waals surface area contributed by atoms with Gasteiger partial charge in [0, 0.05) is 23.0 Å². The predicted octanol–water partition coefficient (Wildman–Crippen LogP) is 4.17. The maximum atomic E-state index is 13.6. The van der Waals surface area contributed by atoms with Crippen LogP contribution in [0.2, 0.25) is 0 Å². The van der Waals surface area contributed by atoms with E-state index in [4.69, 9.17) is 4.74 Å². The minimum Gasteiger partial charge on any atom is -0.378 e. The molecule has 2 rings (SSSR count). The van der Waals surface area contributed by atoms with Gasteiger partial charge < -0.3 is 10.1 Å². The van der Waals surface area contributed by atoms with Gasteiger partial charge in [0.1, 0.15) is 5.82 Å². The fraction of sp³-hybridized carbons (Fsp3) is 0.647. The van der Waals surface area contributed by atoms with Crippen molar-refractivity contribution in [2.24, 2.45) is 11.3 Å². The predicted molar refractivity (Wildman–Crippen MR) is 88.0 cm³/mol. The van der Waals surface area contributed by atoms with E-state index < -0.39 is 0 Å². The molecule has 4 heteroatoms. The van der Waals surface area contributed by atoms with E-state index in [1.165, 1.54) is 6.07 Å². The smallest absolute Gasteiger partial charge is 0.124 e. The molecule has 21 heavy (non-hydrogen) atoms. The first-order chi connectivity index (χ1) is 9.91. The van der Waals surface area contributed by atoms with E-state index in [9.17, 15) is 4.39 Å². The molecule has 0 aliphatic carbocycles. The SMILES string of the molecule is CC(C)CNCC1(Cc2cc(F)cc(Br)c2)CCOC1C. The van der Waals surface area contributed by atoms with Crippen LogP contribution in [0, 0.1) is 17.2 Å². The van der Waals surface area contributed by atoms with Gasteiger partial charge in [-0.15, -0.1) is 0 Å². The first-order valence-electron chi connectivity index (χ1n) is 7.68. The number of halogens is 2. The van der Waals surface area contributed by atoms with Crippen LogP contribution in [-0.4, -0.2) is 25.8 Å². The minimum absolute atomic E-state index is 0.0577. The molecule has 0 aromatic heterocycles. The molecular weight excluding hydrogens is 333 g/mol. The summed E-state index contributed by atoms with van der Waals surface area (Å²) in [7, 11) is 0. The summed E-state index contributed by atoms with van der Waals surface area (Å²) in [6.07, 6.45) is 2.06. The molecule has 0 spiro atoms. The summed E-state index contributed by atoms with van der Waals surface area (Å²) in [5.74, 6) is 0.444. The Hall–Kier alpha value is -0.450. The molecule has 1 aromatic carbocycles. The lowest BCUT2D eigenvalue weighted by Gasteiger charge is -2.33. The minimum atomic E-state index is -0.184. The van der Waals surface area contributed by atoms with Crippen LogP contribution in [-0.2, 0) is 11.2 Å². The fourth-order valence-corrected chi connectivity index (χ4v) is 3.59. The molecule has 1 aliphatic rings. The van der Waals surface area contributed by atoms with Gasteiger partial charge in [-0.3, -0.25) is 0 Å². The van der Waals surface area contributed by atoms with Crippen molar-refractivity contribution in [2.75, 3.05) is 19.7 Å². The quantitative estimate of drug-likeness (QED) is 0.824. The van der Waals surface area contributed by atoms with Crippen molar-refractivity contribution in [3.63, 3.8) is 0 Å². The summed E-state index contributed by atoms with van der Waals surface area (Å²) in [5.41, 5.74) is 1.09. The molecule has 1 aliphatic heterocycles. The molecule has 0 amide bonds. The van der Waals surface area contributed by atoms with E-state index in [0.29, 0.717) is 5.92 Å². The van der Waals surface area contributed by atoms with Gasteiger partial charge in [0.15, 0.2) is 0 Å². The van der Waals surface area contributed by atoms with Crippen LogP contribution in [0.5, 0.6) is 0 Å². The Morgan fingerprint density at radius 3 is 2.76 bits per heavy atom. The highest BCUT2D eigenvalue weighted by Gasteiger charge is 2.41. The molecule has 0 saturated carbocycles. The lowest BCUT2D eigenvalue weighted by Crippen LogP contribution is -2.42. The van der Waals surface area contributed by atoms with Crippen LogP contribution in [0.1, 0.15) is 32.8 Å². The van der Waals surface area contributed by atoms with Crippen molar-refractivity contribution in [1.82, 2.24) is 5.32 Å². The Kier molecular flexibility index (Phi) is 5.81. The van der Waals surface area contributed by atoms with Crippen LogP contribution >= 0.6 is 15.9 Å². The highest BCUT2D eigenvalue weighted by Crippen LogP contribution is 2.38. The fourth-order valence-electron chi connectivity index (χ4n) is 3.08. The van der Waals surface area contributed by atoms with E-state index in [1.54, 1.807) is 6.07 Å². The van der Waals surface area contributed by atoms with E-state index in [2.05, 4.69) is 42.0 Å². The molecule has 1 saturated heterocycles. The summed E-state index contributed by atoms with van der Waals surface area (Å²) in [6, 6.07) is 5.15. The number of benzene rings is 1. The van der Waals surface area contributed by atoms with Crippen molar-refractivity contribution in [2.45, 2.75) is 39.7 Å². The van der Waals surface area contributed by atoms with E-state index in [1.807, 2.05) is 6.07 Å². The van der Waals surface area contributed by atoms with Crippen LogP contribution in [0.3, 0.4) is 0 Å². The van der Waals surface area contributed by atoms with Gasteiger partial charge in [-0.1, -0.05) is 29.8 Å². The number of hydrogen-bond donors (Lipinski definition) is 1. The van der Waals surface area contributed by atoms with Gasteiger partial charge >= 0.3 is 0 Å². The normalized spacial score (nSPS) is 25.7. The largest absolute Gasteiger partial charge is 0.378 e. The Labute approximate surface area is 135 Å². The van der Waals surface area contributed by atoms with Crippen molar-refractivity contribution < 1.29 is 9.13 Å². The number of nitrogens with one attached hydrogen (secondary N) is 1. The van der Waals surface area contributed by atoms with Crippen molar-refractivity contribution >= 4 is 15.9 Å². The van der Waals surface area contributed by atoms with Crippen molar-refractivity contribution in [1.29, 1.82) is 0 Å². The molecule has 2 atom stereocenters. The third kappa shape index (κ3) is 4.51. The second kappa shape index (κ2) is 7.21. The lowest BCUT2D eigenvalue weighted by molar-refractivity contribution is 0.0626. The maximum absolute atomic E-state index is 13.6. The zero-order valence-corrected chi connectivity index (χ0v) is 14.7. The third-order valence-electron chi connectivity index (χ3n) is 4.34. The monoisotopic (exact) mass is 357 g/mol. The first kappa shape index (κ1) is 16.9. The van der Waals surface area contributed by atoms with Gasteiger partial charge in [0.05, 0.1) is 6.10 Å². The zero-order chi connectivity index (χ0) is 15.5. The van der Waals surface area contributed by atoms with Gasteiger partial charge in [-0.2, -0.15) is 0 Å². The summed E-state index contributed by atoms with van der Waals surface area (Å²) in [6.45, 7) is 9.26. The third-order valence-corrected chi connectivity index (χ3v) is 4.80. The van der Waals surface area contributed by atoms with E-state index >= 15 is 0 Å². The van der Waals surface area contributed by atoms with Gasteiger partial charge in [-0.05, 0) is 56.0 Å². The second-order valence-corrected chi connectivity index (χ2v) is 7.52. The van der Waals surface area contributed by atoms with Crippen LogP contribution in [0.25, 0.3) is 0 Å². The van der Waals surface area contributed by atoms with Gasteiger partial charge in [-0.25, -0.2) is 4.39 Å². The molecule has 0 bridgehead atoms.